The highest BCUT2D eigenvalue weighted by Gasteiger charge is 2.28. The number of amides is 1. The molecule has 4 nitrogen and oxygen atoms in total. The highest BCUT2D eigenvalue weighted by atomic mass is 32.1. The predicted octanol–water partition coefficient (Wildman–Crippen LogP) is 2.51. The van der Waals surface area contributed by atoms with Crippen LogP contribution in [-0.4, -0.2) is 29.9 Å². The Labute approximate surface area is 135 Å². The Kier molecular flexibility index (Phi) is 5.38. The van der Waals surface area contributed by atoms with Crippen LogP contribution in [0.3, 0.4) is 0 Å². The van der Waals surface area contributed by atoms with Crippen LogP contribution in [0.2, 0.25) is 0 Å². The Morgan fingerprint density at radius 3 is 2.61 bits per heavy atom. The van der Waals surface area contributed by atoms with Crippen molar-refractivity contribution in [2.45, 2.75) is 19.3 Å². The summed E-state index contributed by atoms with van der Waals surface area (Å²) < 4.78 is 39.0. The number of thiazole rings is 1. The lowest BCUT2D eigenvalue weighted by Gasteiger charge is -2.13. The van der Waals surface area contributed by atoms with Gasteiger partial charge in [0.15, 0.2) is 0 Å². The first-order chi connectivity index (χ1) is 10.8. The quantitative estimate of drug-likeness (QED) is 0.847. The summed E-state index contributed by atoms with van der Waals surface area (Å²) in [5.74, 6) is -4.06. The second-order valence-corrected chi connectivity index (χ2v) is 6.15. The van der Waals surface area contributed by atoms with Crippen LogP contribution in [0.5, 0.6) is 0 Å². The number of rotatable bonds is 6. The van der Waals surface area contributed by atoms with E-state index in [1.165, 1.54) is 12.1 Å². The van der Waals surface area contributed by atoms with E-state index in [1.54, 1.807) is 19.1 Å². The summed E-state index contributed by atoms with van der Waals surface area (Å²) in [4.78, 5) is 16.5. The molecule has 0 radical (unpaired) electrons. The number of aryl methyl sites for hydroxylation is 1. The smallest absolute Gasteiger partial charge is 0.277 e. The van der Waals surface area contributed by atoms with Gasteiger partial charge in [-0.15, -0.1) is 11.3 Å². The van der Waals surface area contributed by atoms with Crippen LogP contribution in [-0.2, 0) is 6.42 Å². The number of nitrogens with two attached hydrogens (primary N) is 1. The second kappa shape index (κ2) is 7.10. The highest BCUT2D eigenvalue weighted by Crippen LogP contribution is 2.21. The summed E-state index contributed by atoms with van der Waals surface area (Å²) in [6.45, 7) is -0.00160. The van der Waals surface area contributed by atoms with E-state index in [1.807, 2.05) is 0 Å². The molecular weight excluding hydrogens is 327 g/mol. The van der Waals surface area contributed by atoms with Gasteiger partial charge in [0.05, 0.1) is 23.8 Å². The third-order valence-corrected chi connectivity index (χ3v) is 4.28. The summed E-state index contributed by atoms with van der Waals surface area (Å²) in [5, 5.41) is 2.82. The van der Waals surface area contributed by atoms with E-state index in [2.05, 4.69) is 10.3 Å². The van der Waals surface area contributed by atoms with Gasteiger partial charge >= 0.3 is 0 Å². The molecule has 2 aromatic rings. The maximum atomic E-state index is 13.1. The molecule has 0 saturated carbocycles. The predicted molar refractivity (Wildman–Crippen MR) is 82.4 cm³/mol. The van der Waals surface area contributed by atoms with Gasteiger partial charge in [-0.05, 0) is 24.6 Å². The monoisotopic (exact) mass is 343 g/mol. The molecule has 0 spiro atoms. The van der Waals surface area contributed by atoms with Crippen LogP contribution in [0.1, 0.15) is 25.9 Å². The van der Waals surface area contributed by atoms with Gasteiger partial charge in [0, 0.05) is 6.42 Å². The van der Waals surface area contributed by atoms with Crippen molar-refractivity contribution in [2.75, 3.05) is 13.1 Å². The van der Waals surface area contributed by atoms with Crippen LogP contribution in [0.25, 0.3) is 0 Å². The van der Waals surface area contributed by atoms with Gasteiger partial charge in [-0.1, -0.05) is 12.1 Å². The van der Waals surface area contributed by atoms with Crippen LogP contribution >= 0.6 is 11.3 Å². The molecule has 0 aliphatic heterocycles. The van der Waals surface area contributed by atoms with E-state index in [9.17, 15) is 18.0 Å². The molecule has 2 rings (SSSR count). The van der Waals surface area contributed by atoms with Gasteiger partial charge in [0.25, 0.3) is 11.8 Å². The van der Waals surface area contributed by atoms with Crippen molar-refractivity contribution in [3.05, 3.63) is 51.2 Å². The molecule has 124 valence electrons. The SMILES string of the molecule is Cc1nc(Cc2ccc(F)cc2)sc1C(=O)NCC(F)(F)CN. The van der Waals surface area contributed by atoms with Gasteiger partial charge < -0.3 is 11.1 Å². The third kappa shape index (κ3) is 4.77. The molecule has 1 amide bonds. The number of aromatic nitrogens is 1. The maximum Gasteiger partial charge on any atom is 0.277 e. The van der Waals surface area contributed by atoms with Crippen molar-refractivity contribution < 1.29 is 18.0 Å². The van der Waals surface area contributed by atoms with Crippen LogP contribution < -0.4 is 11.1 Å². The Hall–Kier alpha value is -1.93. The number of hydrogen-bond acceptors (Lipinski definition) is 4. The van der Waals surface area contributed by atoms with Gasteiger partial charge in [0.2, 0.25) is 0 Å². The number of nitrogens with zero attached hydrogens (tertiary/aromatic N) is 1. The van der Waals surface area contributed by atoms with Crippen molar-refractivity contribution in [1.29, 1.82) is 0 Å². The number of hydrogen-bond donors (Lipinski definition) is 2. The maximum absolute atomic E-state index is 13.1. The van der Waals surface area contributed by atoms with Crippen molar-refractivity contribution in [3.63, 3.8) is 0 Å². The molecule has 23 heavy (non-hydrogen) atoms. The minimum atomic E-state index is -3.13. The van der Waals surface area contributed by atoms with E-state index < -0.39 is 24.9 Å². The lowest BCUT2D eigenvalue weighted by atomic mass is 10.1. The lowest BCUT2D eigenvalue weighted by Crippen LogP contribution is -2.41. The minimum absolute atomic E-state index is 0.287. The number of carbonyl (C=O) groups excluding carboxylic acids is 1. The highest BCUT2D eigenvalue weighted by molar-refractivity contribution is 7.13. The molecule has 0 aliphatic rings. The molecule has 8 heteroatoms. The average molecular weight is 343 g/mol. The average Bonchev–Trinajstić information content (AvgIpc) is 2.88. The van der Waals surface area contributed by atoms with Crippen molar-refractivity contribution in [2.24, 2.45) is 5.73 Å². The van der Waals surface area contributed by atoms with E-state index >= 15 is 0 Å². The summed E-state index contributed by atoms with van der Waals surface area (Å²) in [6.07, 6.45) is 0.442. The molecule has 0 atom stereocenters. The second-order valence-electron chi connectivity index (χ2n) is 5.07. The van der Waals surface area contributed by atoms with Crippen molar-refractivity contribution in [1.82, 2.24) is 10.3 Å². The van der Waals surface area contributed by atoms with Gasteiger partial charge in [-0.25, -0.2) is 18.2 Å². The number of nitrogens with one attached hydrogen (secondary N) is 1. The number of halogens is 3. The van der Waals surface area contributed by atoms with Gasteiger partial charge in [0.1, 0.15) is 10.7 Å². The molecule has 1 aromatic heterocycles. The Morgan fingerprint density at radius 2 is 2.00 bits per heavy atom. The van der Waals surface area contributed by atoms with Gasteiger partial charge in [-0.3, -0.25) is 4.79 Å². The number of alkyl halides is 2. The topological polar surface area (TPSA) is 68.0 Å². The van der Waals surface area contributed by atoms with Crippen LogP contribution in [0, 0.1) is 12.7 Å². The summed E-state index contributed by atoms with van der Waals surface area (Å²) in [6, 6.07) is 5.96. The first kappa shape index (κ1) is 17.4. The zero-order valence-electron chi connectivity index (χ0n) is 12.4. The molecule has 3 N–H and O–H groups in total. The molecule has 0 bridgehead atoms. The van der Waals surface area contributed by atoms with E-state index in [0.29, 0.717) is 17.1 Å². The summed E-state index contributed by atoms with van der Waals surface area (Å²) in [5.41, 5.74) is 6.25. The standard InChI is InChI=1S/C15H16F3N3OS/c1-9-13(14(22)20-8-15(17,18)7-19)23-12(21-9)6-10-2-4-11(16)5-3-10/h2-5H,6-8,19H2,1H3,(H,20,22). The summed E-state index contributed by atoms with van der Waals surface area (Å²) in [7, 11) is 0. The molecule has 0 saturated heterocycles. The Bertz CT molecular complexity index is 686. The molecule has 0 aliphatic carbocycles. The van der Waals surface area contributed by atoms with Crippen LogP contribution in [0.15, 0.2) is 24.3 Å². The molecular formula is C15H16F3N3OS. The molecule has 0 unspecified atom stereocenters. The minimum Gasteiger partial charge on any atom is -0.345 e. The Balaban J connectivity index is 2.05. The fourth-order valence-corrected chi connectivity index (χ4v) is 2.89. The van der Waals surface area contributed by atoms with Crippen molar-refractivity contribution >= 4 is 17.2 Å². The number of carbonyl (C=O) groups is 1. The molecule has 1 heterocycles. The van der Waals surface area contributed by atoms with Gasteiger partial charge in [-0.2, -0.15) is 0 Å². The fraction of sp³-hybridized carbons (Fsp3) is 0.333. The zero-order valence-corrected chi connectivity index (χ0v) is 13.2. The first-order valence-corrected chi connectivity index (χ1v) is 7.69. The molecule has 0 fully saturated rings. The van der Waals surface area contributed by atoms with Crippen molar-refractivity contribution in [3.8, 4) is 0 Å². The van der Waals surface area contributed by atoms with E-state index in [4.69, 9.17) is 5.73 Å². The summed E-state index contributed by atoms with van der Waals surface area (Å²) >= 11 is 1.13. The largest absolute Gasteiger partial charge is 0.345 e. The zero-order chi connectivity index (χ0) is 17.0. The third-order valence-electron chi connectivity index (χ3n) is 3.12. The molecule has 1 aromatic carbocycles. The number of benzene rings is 1. The first-order valence-electron chi connectivity index (χ1n) is 6.87. The normalized spacial score (nSPS) is 11.5. The fourth-order valence-electron chi connectivity index (χ4n) is 1.88. The van der Waals surface area contributed by atoms with Crippen LogP contribution in [0.4, 0.5) is 13.2 Å². The Morgan fingerprint density at radius 1 is 1.35 bits per heavy atom. The van der Waals surface area contributed by atoms with E-state index in [0.717, 1.165) is 16.9 Å². The lowest BCUT2D eigenvalue weighted by molar-refractivity contribution is 0.0119. The van der Waals surface area contributed by atoms with E-state index in [-0.39, 0.29) is 10.7 Å².